The zero-order valence-corrected chi connectivity index (χ0v) is 17.7. The van der Waals surface area contributed by atoms with E-state index in [0.717, 1.165) is 26.2 Å². The van der Waals surface area contributed by atoms with Gasteiger partial charge in [0.1, 0.15) is 0 Å². The SMILES string of the molecule is CN1CCN(c2nc(N(C)S(=O)(=O)c3cccc(C#N)c3)c3ccccc3n2)CC1. The maximum atomic E-state index is 13.3. The molecule has 0 saturated carbocycles. The van der Waals surface area contributed by atoms with Crippen molar-refractivity contribution in [2.24, 2.45) is 0 Å². The molecular formula is C21H22N6O2S. The summed E-state index contributed by atoms with van der Waals surface area (Å²) in [5, 5.41) is 9.79. The molecule has 1 aliphatic rings. The van der Waals surface area contributed by atoms with Crippen LogP contribution in [0.15, 0.2) is 53.4 Å². The summed E-state index contributed by atoms with van der Waals surface area (Å²) < 4.78 is 27.8. The molecule has 30 heavy (non-hydrogen) atoms. The van der Waals surface area contributed by atoms with E-state index in [0.29, 0.717) is 22.7 Å². The Labute approximate surface area is 176 Å². The first kappa shape index (κ1) is 20.1. The van der Waals surface area contributed by atoms with E-state index in [1.165, 1.54) is 23.5 Å². The summed E-state index contributed by atoms with van der Waals surface area (Å²) in [6, 6.07) is 15.4. The number of sulfonamides is 1. The maximum Gasteiger partial charge on any atom is 0.265 e. The molecule has 0 N–H and O–H groups in total. The molecule has 0 aliphatic carbocycles. The van der Waals surface area contributed by atoms with E-state index >= 15 is 0 Å². The van der Waals surface area contributed by atoms with Gasteiger partial charge >= 0.3 is 0 Å². The van der Waals surface area contributed by atoms with Crippen molar-refractivity contribution in [1.29, 1.82) is 5.26 Å². The fraction of sp³-hybridized carbons (Fsp3) is 0.286. The zero-order chi connectivity index (χ0) is 21.3. The monoisotopic (exact) mass is 422 g/mol. The minimum absolute atomic E-state index is 0.0490. The van der Waals surface area contributed by atoms with Crippen molar-refractivity contribution in [3.63, 3.8) is 0 Å². The van der Waals surface area contributed by atoms with Gasteiger partial charge in [0.2, 0.25) is 5.95 Å². The van der Waals surface area contributed by atoms with Crippen LogP contribution in [-0.4, -0.2) is 63.6 Å². The second-order valence-electron chi connectivity index (χ2n) is 7.27. The molecule has 1 aromatic heterocycles. The first-order chi connectivity index (χ1) is 14.4. The minimum Gasteiger partial charge on any atom is -0.338 e. The molecule has 1 aliphatic heterocycles. The standard InChI is InChI=1S/C21H22N6O2S/c1-25-10-12-27(13-11-25)21-23-19-9-4-3-8-18(19)20(24-21)26(2)30(28,29)17-7-5-6-16(14-17)15-22/h3-9,14H,10-13H2,1-2H3. The van der Waals surface area contributed by atoms with Gasteiger partial charge in [-0.15, -0.1) is 0 Å². The van der Waals surface area contributed by atoms with Gasteiger partial charge in [-0.25, -0.2) is 13.4 Å². The Kier molecular flexibility index (Phi) is 5.28. The van der Waals surface area contributed by atoms with Crippen molar-refractivity contribution in [1.82, 2.24) is 14.9 Å². The first-order valence-corrected chi connectivity index (χ1v) is 11.0. The summed E-state index contributed by atoms with van der Waals surface area (Å²) in [7, 11) is -0.355. The fourth-order valence-electron chi connectivity index (χ4n) is 3.43. The van der Waals surface area contributed by atoms with Gasteiger partial charge in [0, 0.05) is 38.6 Å². The number of hydrogen-bond acceptors (Lipinski definition) is 7. The predicted molar refractivity (Wildman–Crippen MR) is 116 cm³/mol. The molecule has 2 aromatic carbocycles. The molecule has 1 fully saturated rings. The van der Waals surface area contributed by atoms with Crippen molar-refractivity contribution in [3.05, 3.63) is 54.1 Å². The van der Waals surface area contributed by atoms with E-state index in [1.807, 2.05) is 30.3 Å². The van der Waals surface area contributed by atoms with Crippen molar-refractivity contribution in [3.8, 4) is 6.07 Å². The normalized spacial score (nSPS) is 15.2. The highest BCUT2D eigenvalue weighted by molar-refractivity contribution is 7.92. The lowest BCUT2D eigenvalue weighted by atomic mass is 10.2. The number of fused-ring (bicyclic) bond motifs is 1. The summed E-state index contributed by atoms with van der Waals surface area (Å²) in [5.41, 5.74) is 0.972. The van der Waals surface area contributed by atoms with E-state index in [-0.39, 0.29) is 10.5 Å². The number of para-hydroxylation sites is 1. The number of piperazine rings is 1. The van der Waals surface area contributed by atoms with Crippen LogP contribution >= 0.6 is 0 Å². The average Bonchev–Trinajstić information content (AvgIpc) is 2.78. The molecule has 154 valence electrons. The Bertz CT molecular complexity index is 1230. The van der Waals surface area contributed by atoms with E-state index in [1.54, 1.807) is 12.1 Å². The van der Waals surface area contributed by atoms with Crippen molar-refractivity contribution in [2.75, 3.05) is 49.5 Å². The number of rotatable bonds is 4. The zero-order valence-electron chi connectivity index (χ0n) is 16.9. The topological polar surface area (TPSA) is 93.4 Å². The fourth-order valence-corrected chi connectivity index (χ4v) is 4.64. The van der Waals surface area contributed by atoms with Crippen LogP contribution in [0.2, 0.25) is 0 Å². The predicted octanol–water partition coefficient (Wildman–Crippen LogP) is 2.08. The van der Waals surface area contributed by atoms with Crippen LogP contribution < -0.4 is 9.21 Å². The lowest BCUT2D eigenvalue weighted by molar-refractivity contribution is 0.311. The number of nitriles is 1. The molecular weight excluding hydrogens is 400 g/mol. The summed E-state index contributed by atoms with van der Waals surface area (Å²) in [4.78, 5) is 13.7. The highest BCUT2D eigenvalue weighted by Gasteiger charge is 2.26. The van der Waals surface area contributed by atoms with E-state index in [9.17, 15) is 8.42 Å². The number of nitrogens with zero attached hydrogens (tertiary/aromatic N) is 6. The van der Waals surface area contributed by atoms with Crippen LogP contribution in [0.25, 0.3) is 10.9 Å². The third kappa shape index (κ3) is 3.67. The Hall–Kier alpha value is -3.22. The van der Waals surface area contributed by atoms with Crippen molar-refractivity contribution in [2.45, 2.75) is 4.90 Å². The van der Waals surface area contributed by atoms with Crippen LogP contribution in [0.5, 0.6) is 0 Å². The maximum absolute atomic E-state index is 13.3. The Balaban J connectivity index is 1.81. The molecule has 8 nitrogen and oxygen atoms in total. The molecule has 0 radical (unpaired) electrons. The summed E-state index contributed by atoms with van der Waals surface area (Å²) >= 11 is 0. The molecule has 0 atom stereocenters. The molecule has 9 heteroatoms. The largest absolute Gasteiger partial charge is 0.338 e. The van der Waals surface area contributed by atoms with Crippen LogP contribution in [0.1, 0.15) is 5.56 Å². The molecule has 0 amide bonds. The average molecular weight is 423 g/mol. The van der Waals surface area contributed by atoms with Gasteiger partial charge in [0.05, 0.1) is 22.0 Å². The van der Waals surface area contributed by atoms with E-state index < -0.39 is 10.0 Å². The van der Waals surface area contributed by atoms with Gasteiger partial charge in [0.25, 0.3) is 10.0 Å². The van der Waals surface area contributed by atoms with Crippen LogP contribution in [0.3, 0.4) is 0 Å². The molecule has 3 aromatic rings. The smallest absolute Gasteiger partial charge is 0.265 e. The Morgan fingerprint density at radius 1 is 1.03 bits per heavy atom. The Morgan fingerprint density at radius 3 is 2.50 bits per heavy atom. The minimum atomic E-state index is -3.91. The van der Waals surface area contributed by atoms with Crippen molar-refractivity contribution >= 4 is 32.7 Å². The molecule has 1 saturated heterocycles. The third-order valence-corrected chi connectivity index (χ3v) is 7.02. The molecule has 0 bridgehead atoms. The van der Waals surface area contributed by atoms with Gasteiger partial charge in [-0.1, -0.05) is 18.2 Å². The number of hydrogen-bond donors (Lipinski definition) is 0. The quantitative estimate of drug-likeness (QED) is 0.635. The summed E-state index contributed by atoms with van der Waals surface area (Å²) in [6.07, 6.45) is 0. The molecule has 0 unspecified atom stereocenters. The number of aromatic nitrogens is 2. The molecule has 4 rings (SSSR count). The van der Waals surface area contributed by atoms with Gasteiger partial charge in [0.15, 0.2) is 5.82 Å². The summed E-state index contributed by atoms with van der Waals surface area (Å²) in [5.74, 6) is 0.835. The van der Waals surface area contributed by atoms with E-state index in [4.69, 9.17) is 5.26 Å². The third-order valence-electron chi connectivity index (χ3n) is 5.28. The van der Waals surface area contributed by atoms with Crippen LogP contribution in [0.4, 0.5) is 11.8 Å². The second kappa shape index (κ2) is 7.89. The number of anilines is 2. The van der Waals surface area contributed by atoms with E-state index in [2.05, 4.69) is 26.8 Å². The lowest BCUT2D eigenvalue weighted by Gasteiger charge is -2.33. The Morgan fingerprint density at radius 2 is 1.77 bits per heavy atom. The number of benzene rings is 2. The van der Waals surface area contributed by atoms with Crippen LogP contribution in [-0.2, 0) is 10.0 Å². The second-order valence-corrected chi connectivity index (χ2v) is 9.24. The summed E-state index contributed by atoms with van der Waals surface area (Å²) in [6.45, 7) is 3.32. The highest BCUT2D eigenvalue weighted by Crippen LogP contribution is 2.30. The van der Waals surface area contributed by atoms with Crippen molar-refractivity contribution < 1.29 is 8.42 Å². The van der Waals surface area contributed by atoms with Gasteiger partial charge in [-0.3, -0.25) is 4.31 Å². The molecule has 2 heterocycles. The molecule has 0 spiro atoms. The first-order valence-electron chi connectivity index (χ1n) is 9.59. The highest BCUT2D eigenvalue weighted by atomic mass is 32.2. The number of likely N-dealkylation sites (N-methyl/N-ethyl adjacent to an activating group) is 1. The van der Waals surface area contributed by atoms with Crippen LogP contribution in [0, 0.1) is 11.3 Å². The van der Waals surface area contributed by atoms with Gasteiger partial charge < -0.3 is 9.80 Å². The van der Waals surface area contributed by atoms with Gasteiger partial charge in [-0.05, 0) is 37.4 Å². The lowest BCUT2D eigenvalue weighted by Crippen LogP contribution is -2.45. The van der Waals surface area contributed by atoms with Gasteiger partial charge in [-0.2, -0.15) is 10.2 Å².